The Morgan fingerprint density at radius 1 is 1.23 bits per heavy atom. The third-order valence-corrected chi connectivity index (χ3v) is 5.75. The van der Waals surface area contributed by atoms with Gasteiger partial charge in [0.1, 0.15) is 5.75 Å². The van der Waals surface area contributed by atoms with E-state index >= 15 is 0 Å². The Balaban J connectivity index is 1.48. The van der Waals surface area contributed by atoms with E-state index in [0.29, 0.717) is 26.1 Å². The minimum absolute atomic E-state index is 0.0448. The van der Waals surface area contributed by atoms with E-state index in [1.54, 1.807) is 7.11 Å². The molecule has 162 valence electrons. The molecule has 1 aromatic heterocycles. The van der Waals surface area contributed by atoms with Crippen LogP contribution >= 0.6 is 0 Å². The largest absolute Gasteiger partial charge is 0.496 e. The summed E-state index contributed by atoms with van der Waals surface area (Å²) in [5.41, 5.74) is 3.32. The van der Waals surface area contributed by atoms with Gasteiger partial charge in [-0.3, -0.25) is 9.48 Å². The number of hydrogen-bond donors (Lipinski definition) is 1. The van der Waals surface area contributed by atoms with Crippen LogP contribution in [-0.2, 0) is 22.5 Å². The van der Waals surface area contributed by atoms with Gasteiger partial charge < -0.3 is 14.8 Å². The van der Waals surface area contributed by atoms with Crippen LogP contribution in [0, 0.1) is 6.92 Å². The highest BCUT2D eigenvalue weighted by Crippen LogP contribution is 2.33. The van der Waals surface area contributed by atoms with Gasteiger partial charge in [-0.2, -0.15) is 5.10 Å². The van der Waals surface area contributed by atoms with Gasteiger partial charge in [0, 0.05) is 31.3 Å². The van der Waals surface area contributed by atoms with Crippen molar-refractivity contribution in [3.63, 3.8) is 0 Å². The van der Waals surface area contributed by atoms with Crippen LogP contribution in [0.25, 0.3) is 11.1 Å². The zero-order valence-electron chi connectivity index (χ0n) is 18.1. The van der Waals surface area contributed by atoms with Gasteiger partial charge in [0.2, 0.25) is 0 Å². The van der Waals surface area contributed by atoms with Crippen molar-refractivity contribution in [1.29, 1.82) is 0 Å². The molecule has 1 amide bonds. The summed E-state index contributed by atoms with van der Waals surface area (Å²) in [7, 11) is 1.68. The predicted octanol–water partition coefficient (Wildman–Crippen LogP) is 3.78. The van der Waals surface area contributed by atoms with Crippen LogP contribution < -0.4 is 10.1 Å². The molecule has 1 fully saturated rings. The number of ether oxygens (including phenoxy) is 2. The Morgan fingerprint density at radius 2 is 2.10 bits per heavy atom. The summed E-state index contributed by atoms with van der Waals surface area (Å²) in [6.45, 7) is 3.72. The molecule has 3 aromatic rings. The molecule has 1 atom stereocenters. The molecule has 0 aliphatic carbocycles. The van der Waals surface area contributed by atoms with E-state index < -0.39 is 5.60 Å². The lowest BCUT2D eigenvalue weighted by molar-refractivity contribution is -0.141. The fourth-order valence-electron chi connectivity index (χ4n) is 4.19. The van der Waals surface area contributed by atoms with E-state index in [9.17, 15) is 4.79 Å². The summed E-state index contributed by atoms with van der Waals surface area (Å²) in [6.07, 6.45) is 4.08. The van der Waals surface area contributed by atoms with Crippen molar-refractivity contribution in [2.45, 2.75) is 38.3 Å². The molecular weight excluding hydrogens is 390 g/mol. The van der Waals surface area contributed by atoms with Crippen molar-refractivity contribution in [1.82, 2.24) is 15.1 Å². The summed E-state index contributed by atoms with van der Waals surface area (Å²) in [4.78, 5) is 13.1. The molecule has 6 heteroatoms. The summed E-state index contributed by atoms with van der Waals surface area (Å²) < 4.78 is 13.4. The monoisotopic (exact) mass is 419 g/mol. The number of amides is 1. The minimum Gasteiger partial charge on any atom is -0.496 e. The normalized spacial score (nSPS) is 18.1. The Hall–Kier alpha value is -3.12. The van der Waals surface area contributed by atoms with Crippen LogP contribution in [-0.4, -0.2) is 41.6 Å². The second-order valence-electron chi connectivity index (χ2n) is 8.00. The molecule has 0 saturated carbocycles. The van der Waals surface area contributed by atoms with Crippen LogP contribution in [0.15, 0.2) is 60.8 Å². The lowest BCUT2D eigenvalue weighted by atomic mass is 9.89. The zero-order chi connectivity index (χ0) is 21.7. The van der Waals surface area contributed by atoms with Crippen molar-refractivity contribution in [2.24, 2.45) is 0 Å². The number of benzene rings is 2. The molecule has 4 rings (SSSR count). The Labute approximate surface area is 183 Å². The van der Waals surface area contributed by atoms with E-state index in [2.05, 4.69) is 28.6 Å². The standard InChI is InChI=1S/C25H29N3O3/c1-19-11-14-28(27-19)15-13-26-24(29)25(12-6-16-31-25)18-20-7-5-8-21(17-20)22-9-3-4-10-23(22)30-2/h3-5,7-11,14,17H,6,12-13,15-16,18H2,1-2H3,(H,26,29). The second kappa shape index (κ2) is 9.35. The van der Waals surface area contributed by atoms with Gasteiger partial charge in [0.15, 0.2) is 5.60 Å². The molecule has 6 nitrogen and oxygen atoms in total. The molecular formula is C25H29N3O3. The second-order valence-corrected chi connectivity index (χ2v) is 8.00. The van der Waals surface area contributed by atoms with Gasteiger partial charge in [-0.1, -0.05) is 42.5 Å². The van der Waals surface area contributed by atoms with Gasteiger partial charge in [-0.05, 0) is 43.0 Å². The van der Waals surface area contributed by atoms with Crippen molar-refractivity contribution >= 4 is 5.91 Å². The van der Waals surface area contributed by atoms with Gasteiger partial charge in [-0.25, -0.2) is 0 Å². The first-order valence-corrected chi connectivity index (χ1v) is 10.7. The molecule has 0 bridgehead atoms. The maximum Gasteiger partial charge on any atom is 0.252 e. The molecule has 31 heavy (non-hydrogen) atoms. The molecule has 1 saturated heterocycles. The Kier molecular flexibility index (Phi) is 6.37. The number of aromatic nitrogens is 2. The Bertz CT molecular complexity index is 1040. The molecule has 0 spiro atoms. The van der Waals surface area contributed by atoms with E-state index in [-0.39, 0.29) is 5.91 Å². The van der Waals surface area contributed by atoms with E-state index in [4.69, 9.17) is 9.47 Å². The zero-order valence-corrected chi connectivity index (χ0v) is 18.1. The predicted molar refractivity (Wildman–Crippen MR) is 120 cm³/mol. The van der Waals surface area contributed by atoms with Crippen LogP contribution in [0.3, 0.4) is 0 Å². The van der Waals surface area contributed by atoms with Crippen molar-refractivity contribution in [3.8, 4) is 16.9 Å². The number of carbonyl (C=O) groups is 1. The van der Waals surface area contributed by atoms with Gasteiger partial charge >= 0.3 is 0 Å². The highest BCUT2D eigenvalue weighted by atomic mass is 16.5. The first kappa shape index (κ1) is 21.1. The van der Waals surface area contributed by atoms with Crippen LogP contribution in [0.2, 0.25) is 0 Å². The van der Waals surface area contributed by atoms with E-state index in [1.807, 2.05) is 54.2 Å². The molecule has 1 aliphatic heterocycles. The number of nitrogens with zero attached hydrogens (tertiary/aromatic N) is 2. The first-order valence-electron chi connectivity index (χ1n) is 10.7. The number of methoxy groups -OCH3 is 1. The summed E-state index contributed by atoms with van der Waals surface area (Å²) in [5, 5.41) is 7.43. The SMILES string of the molecule is COc1ccccc1-c1cccc(CC2(C(=O)NCCn3ccc(C)n3)CCCO2)c1. The number of nitrogens with one attached hydrogen (secondary N) is 1. The molecule has 1 unspecified atom stereocenters. The summed E-state index contributed by atoms with van der Waals surface area (Å²) in [5.74, 6) is 0.787. The number of para-hydroxylation sites is 1. The Morgan fingerprint density at radius 3 is 2.84 bits per heavy atom. The number of rotatable bonds is 8. The third-order valence-electron chi connectivity index (χ3n) is 5.75. The lowest BCUT2D eigenvalue weighted by Crippen LogP contribution is -2.48. The van der Waals surface area contributed by atoms with Crippen LogP contribution in [0.5, 0.6) is 5.75 Å². The van der Waals surface area contributed by atoms with Crippen molar-refractivity contribution < 1.29 is 14.3 Å². The topological polar surface area (TPSA) is 65.4 Å². The average Bonchev–Trinajstić information content (AvgIpc) is 3.43. The highest BCUT2D eigenvalue weighted by Gasteiger charge is 2.42. The number of carbonyl (C=O) groups excluding carboxylic acids is 1. The van der Waals surface area contributed by atoms with Gasteiger partial charge in [0.05, 0.1) is 19.3 Å². The maximum atomic E-state index is 13.1. The van der Waals surface area contributed by atoms with Gasteiger partial charge in [0.25, 0.3) is 5.91 Å². The molecule has 1 N–H and O–H groups in total. The molecule has 0 radical (unpaired) electrons. The van der Waals surface area contributed by atoms with Crippen LogP contribution in [0.4, 0.5) is 0 Å². The summed E-state index contributed by atoms with van der Waals surface area (Å²) in [6, 6.07) is 18.2. The minimum atomic E-state index is -0.820. The average molecular weight is 420 g/mol. The van der Waals surface area contributed by atoms with Crippen molar-refractivity contribution in [2.75, 3.05) is 20.3 Å². The van der Waals surface area contributed by atoms with Gasteiger partial charge in [-0.15, -0.1) is 0 Å². The van der Waals surface area contributed by atoms with Crippen molar-refractivity contribution in [3.05, 3.63) is 72.1 Å². The molecule has 2 heterocycles. The smallest absolute Gasteiger partial charge is 0.252 e. The number of hydrogen-bond acceptors (Lipinski definition) is 4. The highest BCUT2D eigenvalue weighted by molar-refractivity contribution is 5.86. The molecule has 1 aliphatic rings. The number of aryl methyl sites for hydroxylation is 1. The maximum absolute atomic E-state index is 13.1. The fourth-order valence-corrected chi connectivity index (χ4v) is 4.19. The quantitative estimate of drug-likeness (QED) is 0.604. The fraction of sp³-hybridized carbons (Fsp3) is 0.360. The third kappa shape index (κ3) is 4.80. The first-order chi connectivity index (χ1) is 15.1. The van der Waals surface area contributed by atoms with Crippen LogP contribution in [0.1, 0.15) is 24.1 Å². The molecule has 2 aromatic carbocycles. The summed E-state index contributed by atoms with van der Waals surface area (Å²) >= 11 is 0. The van der Waals surface area contributed by atoms with E-state index in [1.165, 1.54) is 0 Å². The lowest BCUT2D eigenvalue weighted by Gasteiger charge is -2.27. The van der Waals surface area contributed by atoms with E-state index in [0.717, 1.165) is 41.0 Å².